The Morgan fingerprint density at radius 2 is 1.71 bits per heavy atom. The van der Waals surface area contributed by atoms with Gasteiger partial charge in [-0.25, -0.2) is 0 Å². The molecule has 0 spiro atoms. The second-order valence-corrected chi connectivity index (χ2v) is 6.49. The molecule has 0 saturated heterocycles. The van der Waals surface area contributed by atoms with Crippen LogP contribution in [0.5, 0.6) is 11.5 Å². The topological polar surface area (TPSA) is 76.7 Å². The molecule has 0 saturated carbocycles. The van der Waals surface area contributed by atoms with Gasteiger partial charge >= 0.3 is 0 Å². The van der Waals surface area contributed by atoms with E-state index in [-0.39, 0.29) is 17.9 Å². The predicted octanol–water partition coefficient (Wildman–Crippen LogP) is 3.86. The molecule has 0 heterocycles. The second-order valence-electron chi connectivity index (χ2n) is 6.49. The Labute approximate surface area is 166 Å². The van der Waals surface area contributed by atoms with Crippen molar-refractivity contribution >= 4 is 17.5 Å². The van der Waals surface area contributed by atoms with Crippen LogP contribution in [0, 0.1) is 0 Å². The lowest BCUT2D eigenvalue weighted by Gasteiger charge is -2.16. The first-order chi connectivity index (χ1) is 13.5. The third-order valence-corrected chi connectivity index (χ3v) is 4.50. The fourth-order valence-electron chi connectivity index (χ4n) is 2.83. The molecule has 0 aromatic heterocycles. The molecule has 2 aromatic carbocycles. The van der Waals surface area contributed by atoms with Crippen molar-refractivity contribution in [2.24, 2.45) is 0 Å². The van der Waals surface area contributed by atoms with Gasteiger partial charge in [0, 0.05) is 18.5 Å². The van der Waals surface area contributed by atoms with Gasteiger partial charge in [-0.15, -0.1) is 0 Å². The summed E-state index contributed by atoms with van der Waals surface area (Å²) in [5.74, 6) is 1.41. The third kappa shape index (κ3) is 6.01. The summed E-state index contributed by atoms with van der Waals surface area (Å²) in [5, 5.41) is 5.81. The number of ether oxygens (including phenoxy) is 2. The lowest BCUT2D eigenvalue weighted by atomic mass is 10.1. The molecule has 2 aromatic rings. The molecule has 1 unspecified atom stereocenters. The Morgan fingerprint density at radius 3 is 2.32 bits per heavy atom. The predicted molar refractivity (Wildman–Crippen MR) is 110 cm³/mol. The number of carbonyl (C=O) groups excluding carboxylic acids is 2. The largest absolute Gasteiger partial charge is 0.497 e. The number of anilines is 1. The fourth-order valence-corrected chi connectivity index (χ4v) is 2.83. The van der Waals surface area contributed by atoms with Crippen LogP contribution in [-0.4, -0.2) is 26.0 Å². The van der Waals surface area contributed by atoms with Gasteiger partial charge in [0.2, 0.25) is 11.8 Å². The van der Waals surface area contributed by atoms with Gasteiger partial charge in [0.25, 0.3) is 0 Å². The van der Waals surface area contributed by atoms with Crippen LogP contribution in [0.25, 0.3) is 0 Å². The highest BCUT2D eigenvalue weighted by Gasteiger charge is 2.12. The molecular weight excluding hydrogens is 356 g/mol. The first kappa shape index (κ1) is 21.3. The molecule has 28 heavy (non-hydrogen) atoms. The molecule has 1 atom stereocenters. The number of nitrogens with one attached hydrogen (secondary N) is 2. The normalized spacial score (nSPS) is 11.4. The number of benzene rings is 2. The third-order valence-electron chi connectivity index (χ3n) is 4.50. The maximum atomic E-state index is 12.4. The SMILES string of the molecule is CCC(=O)Nc1ccc(C(C)NC(=O)CCc2cc(OC)ccc2OC)cc1. The number of methoxy groups -OCH3 is 2. The summed E-state index contributed by atoms with van der Waals surface area (Å²) in [6, 6.07) is 12.9. The Bertz CT molecular complexity index is 803. The maximum absolute atomic E-state index is 12.4. The number of aryl methyl sites for hydroxylation is 1. The number of hydrogen-bond acceptors (Lipinski definition) is 4. The van der Waals surface area contributed by atoms with Crippen LogP contribution in [0.4, 0.5) is 5.69 Å². The number of hydrogen-bond donors (Lipinski definition) is 2. The van der Waals surface area contributed by atoms with Crippen LogP contribution in [0.1, 0.15) is 43.9 Å². The monoisotopic (exact) mass is 384 g/mol. The first-order valence-electron chi connectivity index (χ1n) is 9.36. The van der Waals surface area contributed by atoms with E-state index in [1.807, 2.05) is 56.3 Å². The Morgan fingerprint density at radius 1 is 1.00 bits per heavy atom. The van der Waals surface area contributed by atoms with Crippen LogP contribution < -0.4 is 20.1 Å². The van der Waals surface area contributed by atoms with Crippen molar-refractivity contribution in [1.29, 1.82) is 0 Å². The van der Waals surface area contributed by atoms with E-state index >= 15 is 0 Å². The molecule has 2 amide bonds. The number of carbonyl (C=O) groups is 2. The summed E-state index contributed by atoms with van der Waals surface area (Å²) in [7, 11) is 3.22. The molecule has 0 fully saturated rings. The molecule has 0 bridgehead atoms. The van der Waals surface area contributed by atoms with Crippen LogP contribution in [-0.2, 0) is 16.0 Å². The van der Waals surface area contributed by atoms with Gasteiger partial charge in [0.1, 0.15) is 11.5 Å². The lowest BCUT2D eigenvalue weighted by Crippen LogP contribution is -2.26. The highest BCUT2D eigenvalue weighted by Crippen LogP contribution is 2.25. The maximum Gasteiger partial charge on any atom is 0.224 e. The minimum Gasteiger partial charge on any atom is -0.497 e. The van der Waals surface area contributed by atoms with Gasteiger partial charge < -0.3 is 20.1 Å². The molecular formula is C22H28N2O4. The molecule has 2 N–H and O–H groups in total. The quantitative estimate of drug-likeness (QED) is 0.688. The minimum atomic E-state index is -0.129. The summed E-state index contributed by atoms with van der Waals surface area (Å²) >= 11 is 0. The van der Waals surface area contributed by atoms with Gasteiger partial charge in [-0.2, -0.15) is 0 Å². The molecule has 0 aliphatic carbocycles. The van der Waals surface area contributed by atoms with E-state index in [4.69, 9.17) is 9.47 Å². The minimum absolute atomic E-state index is 0.0259. The van der Waals surface area contributed by atoms with Crippen molar-refractivity contribution in [1.82, 2.24) is 5.32 Å². The van der Waals surface area contributed by atoms with Crippen LogP contribution in [0.15, 0.2) is 42.5 Å². The van der Waals surface area contributed by atoms with Crippen LogP contribution in [0.2, 0.25) is 0 Å². The van der Waals surface area contributed by atoms with Gasteiger partial charge in [0.05, 0.1) is 20.3 Å². The summed E-state index contributed by atoms with van der Waals surface area (Å²) in [6.07, 6.45) is 1.34. The molecule has 6 heteroatoms. The lowest BCUT2D eigenvalue weighted by molar-refractivity contribution is -0.121. The Hall–Kier alpha value is -3.02. The van der Waals surface area contributed by atoms with Crippen molar-refractivity contribution < 1.29 is 19.1 Å². The standard InChI is InChI=1S/C22H28N2O4/c1-5-21(25)24-18-9-6-16(7-10-18)15(2)23-22(26)13-8-17-14-19(27-3)11-12-20(17)28-4/h6-7,9-12,14-15H,5,8,13H2,1-4H3,(H,23,26)(H,24,25). The van der Waals surface area contributed by atoms with E-state index in [0.29, 0.717) is 19.3 Å². The molecule has 6 nitrogen and oxygen atoms in total. The second kappa shape index (κ2) is 10.3. The van der Waals surface area contributed by atoms with Crippen molar-refractivity contribution in [3.63, 3.8) is 0 Å². The van der Waals surface area contributed by atoms with E-state index in [9.17, 15) is 9.59 Å². The zero-order chi connectivity index (χ0) is 20.5. The fraction of sp³-hybridized carbons (Fsp3) is 0.364. The highest BCUT2D eigenvalue weighted by atomic mass is 16.5. The molecule has 0 radical (unpaired) electrons. The molecule has 0 aliphatic rings. The van der Waals surface area contributed by atoms with Crippen molar-refractivity contribution in [3.8, 4) is 11.5 Å². The van der Waals surface area contributed by atoms with Crippen LogP contribution >= 0.6 is 0 Å². The van der Waals surface area contributed by atoms with Gasteiger partial charge in [0.15, 0.2) is 0 Å². The van der Waals surface area contributed by atoms with E-state index < -0.39 is 0 Å². The van der Waals surface area contributed by atoms with Crippen molar-refractivity contribution in [2.75, 3.05) is 19.5 Å². The van der Waals surface area contributed by atoms with Gasteiger partial charge in [-0.3, -0.25) is 9.59 Å². The van der Waals surface area contributed by atoms with E-state index in [1.165, 1.54) is 0 Å². The highest BCUT2D eigenvalue weighted by molar-refractivity contribution is 5.90. The summed E-state index contributed by atoms with van der Waals surface area (Å²) < 4.78 is 10.6. The zero-order valence-electron chi connectivity index (χ0n) is 16.9. The molecule has 0 aliphatic heterocycles. The van der Waals surface area contributed by atoms with Crippen molar-refractivity contribution in [3.05, 3.63) is 53.6 Å². The van der Waals surface area contributed by atoms with Crippen LogP contribution in [0.3, 0.4) is 0 Å². The smallest absolute Gasteiger partial charge is 0.224 e. The van der Waals surface area contributed by atoms with Gasteiger partial charge in [-0.05, 0) is 54.8 Å². The number of rotatable bonds is 9. The average Bonchev–Trinajstić information content (AvgIpc) is 2.72. The summed E-state index contributed by atoms with van der Waals surface area (Å²) in [4.78, 5) is 23.8. The van der Waals surface area contributed by atoms with E-state index in [1.54, 1.807) is 14.2 Å². The summed E-state index contributed by atoms with van der Waals surface area (Å²) in [6.45, 7) is 3.74. The van der Waals surface area contributed by atoms with E-state index in [0.717, 1.165) is 28.3 Å². The summed E-state index contributed by atoms with van der Waals surface area (Å²) in [5.41, 5.74) is 2.65. The number of amides is 2. The first-order valence-corrected chi connectivity index (χ1v) is 9.36. The molecule has 2 rings (SSSR count). The zero-order valence-corrected chi connectivity index (χ0v) is 16.9. The Balaban J connectivity index is 1.91. The average molecular weight is 384 g/mol. The molecule has 150 valence electrons. The van der Waals surface area contributed by atoms with E-state index in [2.05, 4.69) is 10.6 Å². The van der Waals surface area contributed by atoms with Gasteiger partial charge in [-0.1, -0.05) is 19.1 Å². The Kier molecular flexibility index (Phi) is 7.87. The van der Waals surface area contributed by atoms with Crippen molar-refractivity contribution in [2.45, 2.75) is 39.2 Å².